The van der Waals surface area contributed by atoms with Gasteiger partial charge in [0.2, 0.25) is 0 Å². The summed E-state index contributed by atoms with van der Waals surface area (Å²) in [6.45, 7) is 3.21. The van der Waals surface area contributed by atoms with Gasteiger partial charge in [-0.15, -0.1) is 0 Å². The lowest BCUT2D eigenvalue weighted by Crippen LogP contribution is -2.18. The van der Waals surface area contributed by atoms with E-state index in [0.717, 1.165) is 29.6 Å². The molecule has 0 spiro atoms. The second kappa shape index (κ2) is 4.39. The molecule has 1 heterocycles. The molecule has 0 aliphatic carbocycles. The highest BCUT2D eigenvalue weighted by Gasteiger charge is 2.07. The summed E-state index contributed by atoms with van der Waals surface area (Å²) in [5.41, 5.74) is 8.74. The molecule has 0 fully saturated rings. The Labute approximate surface area is 95.9 Å². The number of nitrogen functional groups attached to an aromatic ring is 1. The minimum Gasteiger partial charge on any atom is -0.397 e. The summed E-state index contributed by atoms with van der Waals surface area (Å²) in [4.78, 5) is 6.57. The Hall–Kier alpha value is -1.77. The number of nitrogens with zero attached hydrogens (tertiary/aromatic N) is 2. The zero-order chi connectivity index (χ0) is 11.5. The van der Waals surface area contributed by atoms with Crippen LogP contribution in [-0.2, 0) is 0 Å². The van der Waals surface area contributed by atoms with Crippen molar-refractivity contribution in [2.45, 2.75) is 13.3 Å². The van der Waals surface area contributed by atoms with E-state index in [1.54, 1.807) is 0 Å². The van der Waals surface area contributed by atoms with Crippen molar-refractivity contribution in [1.29, 1.82) is 0 Å². The van der Waals surface area contributed by atoms with Gasteiger partial charge in [0.1, 0.15) is 0 Å². The molecule has 1 aromatic carbocycles. The Bertz CT molecular complexity index is 494. The van der Waals surface area contributed by atoms with Crippen molar-refractivity contribution in [3.8, 4) is 0 Å². The Kier molecular flexibility index (Phi) is 2.95. The number of aromatic nitrogens is 1. The Balaban J connectivity index is 2.58. The van der Waals surface area contributed by atoms with Gasteiger partial charge in [0.25, 0.3) is 0 Å². The third-order valence-corrected chi connectivity index (χ3v) is 2.75. The molecular formula is C13H17N3. The van der Waals surface area contributed by atoms with Gasteiger partial charge >= 0.3 is 0 Å². The summed E-state index contributed by atoms with van der Waals surface area (Å²) >= 11 is 0. The van der Waals surface area contributed by atoms with E-state index >= 15 is 0 Å². The zero-order valence-corrected chi connectivity index (χ0v) is 9.77. The average molecular weight is 215 g/mol. The van der Waals surface area contributed by atoms with Crippen LogP contribution in [0.4, 0.5) is 11.4 Å². The summed E-state index contributed by atoms with van der Waals surface area (Å²) in [6, 6.07) is 7.97. The predicted octanol–water partition coefficient (Wildman–Crippen LogP) is 2.66. The van der Waals surface area contributed by atoms with E-state index in [0.29, 0.717) is 0 Å². The number of fused-ring (bicyclic) bond motifs is 1. The highest BCUT2D eigenvalue weighted by molar-refractivity contribution is 5.97. The highest BCUT2D eigenvalue weighted by Crippen LogP contribution is 2.27. The molecule has 1 aromatic heterocycles. The summed E-state index contributed by atoms with van der Waals surface area (Å²) in [7, 11) is 2.10. The van der Waals surface area contributed by atoms with Crippen LogP contribution >= 0.6 is 0 Å². The van der Waals surface area contributed by atoms with Crippen molar-refractivity contribution in [3.63, 3.8) is 0 Å². The minimum absolute atomic E-state index is 0.740. The van der Waals surface area contributed by atoms with E-state index in [1.807, 2.05) is 24.4 Å². The first-order chi connectivity index (χ1) is 7.74. The van der Waals surface area contributed by atoms with Crippen LogP contribution in [0.3, 0.4) is 0 Å². The van der Waals surface area contributed by atoms with Gasteiger partial charge in [0.05, 0.1) is 11.2 Å². The molecule has 0 unspecified atom stereocenters. The van der Waals surface area contributed by atoms with E-state index < -0.39 is 0 Å². The Morgan fingerprint density at radius 3 is 2.88 bits per heavy atom. The number of hydrogen-bond acceptors (Lipinski definition) is 3. The molecule has 0 aliphatic heterocycles. The molecule has 0 atom stereocenters. The van der Waals surface area contributed by atoms with Crippen LogP contribution in [0.1, 0.15) is 13.3 Å². The molecule has 2 N–H and O–H groups in total. The number of nitrogens with two attached hydrogens (primary N) is 1. The molecule has 2 aromatic rings. The van der Waals surface area contributed by atoms with Crippen LogP contribution in [0.15, 0.2) is 30.5 Å². The fourth-order valence-corrected chi connectivity index (χ4v) is 1.97. The summed E-state index contributed by atoms with van der Waals surface area (Å²) in [5.74, 6) is 0. The molecule has 3 nitrogen and oxygen atoms in total. The second-order valence-electron chi connectivity index (χ2n) is 4.00. The second-order valence-corrected chi connectivity index (χ2v) is 4.00. The summed E-state index contributed by atoms with van der Waals surface area (Å²) < 4.78 is 0. The maximum absolute atomic E-state index is 5.92. The number of benzene rings is 1. The van der Waals surface area contributed by atoms with Crippen molar-refractivity contribution in [3.05, 3.63) is 30.5 Å². The lowest BCUT2D eigenvalue weighted by Gasteiger charge is -2.20. The summed E-state index contributed by atoms with van der Waals surface area (Å²) in [6.07, 6.45) is 2.95. The molecular weight excluding hydrogens is 198 g/mol. The minimum atomic E-state index is 0.740. The first-order valence-electron chi connectivity index (χ1n) is 5.58. The maximum Gasteiger partial charge on any atom is 0.0951 e. The molecule has 2 rings (SSSR count). The lowest BCUT2D eigenvalue weighted by molar-refractivity contribution is 0.855. The van der Waals surface area contributed by atoms with Crippen LogP contribution in [-0.4, -0.2) is 18.6 Å². The standard InChI is InChI=1S/C13H17N3/c1-3-9-16(2)12-7-8-15-13-10(12)5-4-6-11(13)14/h4-8H,3,9,14H2,1-2H3. The van der Waals surface area contributed by atoms with Gasteiger partial charge in [0.15, 0.2) is 0 Å². The van der Waals surface area contributed by atoms with Crippen LogP contribution in [0.5, 0.6) is 0 Å². The van der Waals surface area contributed by atoms with Gasteiger partial charge in [-0.25, -0.2) is 0 Å². The van der Waals surface area contributed by atoms with E-state index in [9.17, 15) is 0 Å². The molecule has 3 heteroatoms. The number of para-hydroxylation sites is 1. The first-order valence-corrected chi connectivity index (χ1v) is 5.58. The molecule has 0 saturated heterocycles. The smallest absolute Gasteiger partial charge is 0.0951 e. The molecule has 16 heavy (non-hydrogen) atoms. The van der Waals surface area contributed by atoms with E-state index in [-0.39, 0.29) is 0 Å². The molecule has 84 valence electrons. The SMILES string of the molecule is CCCN(C)c1ccnc2c(N)cccc12. The first kappa shape index (κ1) is 10.7. The van der Waals surface area contributed by atoms with Crippen LogP contribution in [0.25, 0.3) is 10.9 Å². The molecule has 0 bridgehead atoms. The van der Waals surface area contributed by atoms with Gasteiger partial charge in [-0.05, 0) is 18.6 Å². The van der Waals surface area contributed by atoms with Gasteiger partial charge in [0, 0.05) is 30.9 Å². The van der Waals surface area contributed by atoms with Crippen molar-refractivity contribution in [1.82, 2.24) is 4.98 Å². The number of pyridine rings is 1. The lowest BCUT2D eigenvalue weighted by atomic mass is 10.1. The molecule has 0 saturated carbocycles. The van der Waals surface area contributed by atoms with Crippen LogP contribution in [0.2, 0.25) is 0 Å². The number of anilines is 2. The maximum atomic E-state index is 5.92. The normalized spacial score (nSPS) is 10.6. The number of hydrogen-bond donors (Lipinski definition) is 1. The van der Waals surface area contributed by atoms with Gasteiger partial charge in [-0.2, -0.15) is 0 Å². The van der Waals surface area contributed by atoms with Gasteiger partial charge in [-0.3, -0.25) is 4.98 Å². The Morgan fingerprint density at radius 2 is 2.12 bits per heavy atom. The van der Waals surface area contributed by atoms with E-state index in [2.05, 4.69) is 29.9 Å². The predicted molar refractivity (Wildman–Crippen MR) is 69.7 cm³/mol. The third-order valence-electron chi connectivity index (χ3n) is 2.75. The van der Waals surface area contributed by atoms with Crippen molar-refractivity contribution >= 4 is 22.3 Å². The fourth-order valence-electron chi connectivity index (χ4n) is 1.97. The monoisotopic (exact) mass is 215 g/mol. The topological polar surface area (TPSA) is 42.2 Å². The quantitative estimate of drug-likeness (QED) is 0.800. The molecule has 0 radical (unpaired) electrons. The van der Waals surface area contributed by atoms with Crippen molar-refractivity contribution in [2.75, 3.05) is 24.2 Å². The summed E-state index contributed by atoms with van der Waals surface area (Å²) in [5, 5.41) is 1.12. The number of rotatable bonds is 3. The van der Waals surface area contributed by atoms with Crippen molar-refractivity contribution in [2.24, 2.45) is 0 Å². The average Bonchev–Trinajstić information content (AvgIpc) is 2.29. The van der Waals surface area contributed by atoms with E-state index in [4.69, 9.17) is 5.73 Å². The highest BCUT2D eigenvalue weighted by atomic mass is 15.1. The van der Waals surface area contributed by atoms with Crippen LogP contribution < -0.4 is 10.6 Å². The zero-order valence-electron chi connectivity index (χ0n) is 9.77. The fraction of sp³-hybridized carbons (Fsp3) is 0.308. The third kappa shape index (κ3) is 1.81. The van der Waals surface area contributed by atoms with E-state index in [1.165, 1.54) is 5.69 Å². The largest absolute Gasteiger partial charge is 0.397 e. The van der Waals surface area contributed by atoms with Gasteiger partial charge < -0.3 is 10.6 Å². The van der Waals surface area contributed by atoms with Crippen LogP contribution in [0, 0.1) is 0 Å². The molecule has 0 amide bonds. The Morgan fingerprint density at radius 1 is 1.31 bits per heavy atom. The molecule has 0 aliphatic rings. The van der Waals surface area contributed by atoms with Crippen molar-refractivity contribution < 1.29 is 0 Å². The van der Waals surface area contributed by atoms with Gasteiger partial charge in [-0.1, -0.05) is 19.1 Å².